The van der Waals surface area contributed by atoms with Gasteiger partial charge in [-0.2, -0.15) is 4.98 Å². The zero-order chi connectivity index (χ0) is 30.4. The number of allylic oxidation sites excluding steroid dienone is 1. The number of anilines is 3. The number of benzene rings is 1. The monoisotopic (exact) mass is 619 g/mol. The van der Waals surface area contributed by atoms with Crippen molar-refractivity contribution in [3.8, 4) is 5.75 Å². The van der Waals surface area contributed by atoms with Gasteiger partial charge in [0, 0.05) is 26.4 Å². The molecule has 11 nitrogen and oxygen atoms in total. The quantitative estimate of drug-likeness (QED) is 0.235. The molecule has 4 rings (SSSR count). The van der Waals surface area contributed by atoms with Gasteiger partial charge in [-0.1, -0.05) is 25.4 Å². The van der Waals surface area contributed by atoms with E-state index in [1.165, 1.54) is 25.0 Å². The minimum absolute atomic E-state index is 0.0800. The van der Waals surface area contributed by atoms with Gasteiger partial charge in [-0.3, -0.25) is 4.99 Å². The number of aryl methyl sites for hydroxylation is 1. The summed E-state index contributed by atoms with van der Waals surface area (Å²) in [6.07, 6.45) is 7.04. The van der Waals surface area contributed by atoms with Gasteiger partial charge in [-0.05, 0) is 74.2 Å². The molecule has 1 saturated heterocycles. The summed E-state index contributed by atoms with van der Waals surface area (Å²) in [7, 11) is -0.481. The lowest BCUT2D eigenvalue weighted by atomic mass is 9.84. The summed E-state index contributed by atoms with van der Waals surface area (Å²) in [6.45, 7) is 7.34. The van der Waals surface area contributed by atoms with Gasteiger partial charge in [0.2, 0.25) is 5.95 Å². The molecule has 0 spiro atoms. The highest BCUT2D eigenvalue weighted by Gasteiger charge is 2.28. The van der Waals surface area contributed by atoms with Crippen LogP contribution in [-0.4, -0.2) is 69.8 Å². The number of halogens is 1. The number of rotatable bonds is 13. The van der Waals surface area contributed by atoms with E-state index < -0.39 is 9.84 Å². The number of methoxy groups -OCH3 is 1. The Morgan fingerprint density at radius 2 is 2.07 bits per heavy atom. The van der Waals surface area contributed by atoms with Crippen LogP contribution in [0.3, 0.4) is 0 Å². The number of aromatic nitrogens is 2. The van der Waals surface area contributed by atoms with Crippen molar-refractivity contribution >= 4 is 45.1 Å². The molecule has 0 radical (unpaired) electrons. The van der Waals surface area contributed by atoms with Crippen LogP contribution in [0.5, 0.6) is 5.75 Å². The topological polar surface area (TPSA) is 153 Å². The number of aliphatic imine (C=N–C) groups is 1. The lowest BCUT2D eigenvalue weighted by Crippen LogP contribution is -2.40. The molecule has 0 bridgehead atoms. The Hall–Kier alpha value is -2.93. The molecular weight excluding hydrogens is 578 g/mol. The number of hydrogen-bond acceptors (Lipinski definition) is 11. The van der Waals surface area contributed by atoms with Gasteiger partial charge in [0.05, 0.1) is 36.0 Å². The van der Waals surface area contributed by atoms with E-state index in [2.05, 4.69) is 50.0 Å². The predicted molar refractivity (Wildman–Crippen MR) is 169 cm³/mol. The fraction of sp³-hybridized carbons (Fsp3) is 0.552. The molecule has 2 heterocycles. The lowest BCUT2D eigenvalue weighted by Gasteiger charge is -2.31. The van der Waals surface area contributed by atoms with Crippen molar-refractivity contribution in [3.05, 3.63) is 45.2 Å². The van der Waals surface area contributed by atoms with E-state index in [4.69, 9.17) is 26.8 Å². The highest BCUT2D eigenvalue weighted by Crippen LogP contribution is 2.40. The third-order valence-electron chi connectivity index (χ3n) is 7.14. The average molecular weight is 620 g/mol. The Morgan fingerprint density at radius 1 is 1.31 bits per heavy atom. The maximum absolute atomic E-state index is 12.8. The number of piperidine rings is 1. The Kier molecular flexibility index (Phi) is 10.7. The molecule has 2 aromatic rings. The Bertz CT molecular complexity index is 1430. The molecule has 0 amide bonds. The summed E-state index contributed by atoms with van der Waals surface area (Å²) in [5.41, 5.74) is 9.32. The van der Waals surface area contributed by atoms with Crippen molar-refractivity contribution in [1.82, 2.24) is 15.3 Å². The van der Waals surface area contributed by atoms with E-state index in [-0.39, 0.29) is 45.3 Å². The molecule has 42 heavy (non-hydrogen) atoms. The molecule has 13 heteroatoms. The fourth-order valence-corrected chi connectivity index (χ4v) is 6.70. The van der Waals surface area contributed by atoms with E-state index in [0.29, 0.717) is 18.6 Å². The van der Waals surface area contributed by atoms with E-state index in [1.807, 2.05) is 13.8 Å². The number of nitrogens with zero attached hydrogens (tertiary/aromatic N) is 3. The maximum atomic E-state index is 12.8. The Morgan fingerprint density at radius 3 is 2.74 bits per heavy atom. The molecule has 230 valence electrons. The van der Waals surface area contributed by atoms with Crippen molar-refractivity contribution in [1.29, 1.82) is 0 Å². The summed E-state index contributed by atoms with van der Waals surface area (Å²) in [6, 6.07) is 4.53. The second-order valence-corrected chi connectivity index (χ2v) is 13.7. The molecular formula is C29H42ClN7O4S. The second kappa shape index (κ2) is 14.0. The highest BCUT2D eigenvalue weighted by atomic mass is 35.5. The predicted octanol–water partition coefficient (Wildman–Crippen LogP) is 4.52. The maximum Gasteiger partial charge on any atom is 0.229 e. The molecule has 2 aliphatic rings. The molecule has 1 saturated carbocycles. The van der Waals surface area contributed by atoms with Gasteiger partial charge in [0.25, 0.3) is 0 Å². The number of ether oxygens (including phenoxy) is 2. The van der Waals surface area contributed by atoms with Crippen LogP contribution in [0.4, 0.5) is 17.5 Å². The van der Waals surface area contributed by atoms with Crippen LogP contribution >= 0.6 is 11.6 Å². The molecule has 2 fully saturated rings. The minimum atomic E-state index is -3.73. The van der Waals surface area contributed by atoms with Crippen molar-refractivity contribution in [2.24, 2.45) is 16.6 Å². The number of sulfone groups is 1. The smallest absolute Gasteiger partial charge is 0.229 e. The molecule has 1 aromatic heterocycles. The van der Waals surface area contributed by atoms with Crippen molar-refractivity contribution in [2.45, 2.75) is 64.5 Å². The number of nitrogens with two attached hydrogens (primary N) is 1. The molecule has 2 unspecified atom stereocenters. The van der Waals surface area contributed by atoms with E-state index in [0.717, 1.165) is 49.2 Å². The summed E-state index contributed by atoms with van der Waals surface area (Å²) >= 11 is 6.41. The van der Waals surface area contributed by atoms with Crippen molar-refractivity contribution in [2.75, 3.05) is 43.7 Å². The molecule has 1 aliphatic heterocycles. The van der Waals surface area contributed by atoms with Crippen LogP contribution < -0.4 is 26.4 Å². The second-order valence-electron chi connectivity index (χ2n) is 11.3. The lowest BCUT2D eigenvalue weighted by molar-refractivity contribution is 0.149. The van der Waals surface area contributed by atoms with E-state index in [9.17, 15) is 8.42 Å². The number of hydrogen-bond donors (Lipinski definition) is 4. The van der Waals surface area contributed by atoms with Gasteiger partial charge >= 0.3 is 0 Å². The van der Waals surface area contributed by atoms with Gasteiger partial charge < -0.3 is 31.2 Å². The SMILES string of the molecule is CN=CC(Nc1nc(Nc2cc(C)c(C3CCNC(COC)C3)cc2OC2CC2)ncc1Cl)=C(N)S(=O)(=O)CC(C)C. The summed E-state index contributed by atoms with van der Waals surface area (Å²) < 4.78 is 37.3. The molecule has 1 aliphatic carbocycles. The summed E-state index contributed by atoms with van der Waals surface area (Å²) in [5.74, 6) is 1.38. The summed E-state index contributed by atoms with van der Waals surface area (Å²) in [4.78, 5) is 12.9. The third kappa shape index (κ3) is 8.33. The van der Waals surface area contributed by atoms with Crippen LogP contribution in [0.25, 0.3) is 0 Å². The average Bonchev–Trinajstić information content (AvgIpc) is 3.75. The third-order valence-corrected chi connectivity index (χ3v) is 9.42. The van der Waals surface area contributed by atoms with Crippen molar-refractivity contribution < 1.29 is 17.9 Å². The van der Waals surface area contributed by atoms with Gasteiger partial charge in [-0.25, -0.2) is 13.4 Å². The van der Waals surface area contributed by atoms with Crippen molar-refractivity contribution in [3.63, 3.8) is 0 Å². The highest BCUT2D eigenvalue weighted by molar-refractivity contribution is 7.95. The van der Waals surface area contributed by atoms with E-state index >= 15 is 0 Å². The first-order chi connectivity index (χ1) is 20.0. The standard InChI is InChI=1S/C29H42ClN7O4S/c1-17(2)16-42(38,39)27(31)25(14-32-4)35-28-23(30)13-34-29(37-28)36-24-10-18(3)22(12-26(24)41-21-6-7-21)19-8-9-33-20(11-19)15-40-5/h10,12-14,17,19-21,33H,6-9,11,15-16,31H2,1-5H3,(H2,34,35,36,37). The minimum Gasteiger partial charge on any atom is -0.488 e. The fourth-order valence-electron chi connectivity index (χ4n) is 5.07. The molecule has 1 aromatic carbocycles. The van der Waals surface area contributed by atoms with Crippen LogP contribution in [0.2, 0.25) is 5.02 Å². The van der Waals surface area contributed by atoms with Gasteiger partial charge in [-0.15, -0.1) is 0 Å². The van der Waals surface area contributed by atoms with Gasteiger partial charge in [0.15, 0.2) is 20.7 Å². The van der Waals surface area contributed by atoms with Gasteiger partial charge in [0.1, 0.15) is 10.8 Å². The van der Waals surface area contributed by atoms with Crippen LogP contribution in [0, 0.1) is 12.8 Å². The van der Waals surface area contributed by atoms with Crippen LogP contribution in [0.1, 0.15) is 56.6 Å². The normalized spacial score (nSPS) is 20.1. The van der Waals surface area contributed by atoms with Crippen LogP contribution in [-0.2, 0) is 14.6 Å². The Balaban J connectivity index is 1.63. The first-order valence-electron chi connectivity index (χ1n) is 14.3. The zero-order valence-electron chi connectivity index (χ0n) is 24.9. The zero-order valence-corrected chi connectivity index (χ0v) is 26.5. The van der Waals surface area contributed by atoms with E-state index in [1.54, 1.807) is 7.11 Å². The largest absolute Gasteiger partial charge is 0.488 e. The molecule has 2 atom stereocenters. The first kappa shape index (κ1) is 32.0. The molecule has 5 N–H and O–H groups in total. The summed E-state index contributed by atoms with van der Waals surface area (Å²) in [5, 5.41) is 9.63. The van der Waals surface area contributed by atoms with Crippen LogP contribution in [0.15, 0.2) is 34.0 Å². The Labute approximate surface area is 253 Å². The first-order valence-corrected chi connectivity index (χ1v) is 16.3. The number of nitrogens with one attached hydrogen (secondary N) is 3.